The molecule has 0 fully saturated rings. The molecule has 1 aliphatic heterocycles. The molecule has 2 aromatic carbocycles. The van der Waals surface area contributed by atoms with E-state index in [1.807, 2.05) is 28.8 Å². The van der Waals surface area contributed by atoms with Crippen molar-refractivity contribution in [1.82, 2.24) is 30.0 Å². The van der Waals surface area contributed by atoms with Crippen LogP contribution in [0.25, 0.3) is 11.5 Å². The number of aliphatic hydroxyl groups excluding tert-OH is 1. The van der Waals surface area contributed by atoms with E-state index < -0.39 is 0 Å². The van der Waals surface area contributed by atoms with Gasteiger partial charge in [-0.3, -0.25) is 4.79 Å². The Hall–Kier alpha value is -4.31. The number of nitrogens with one attached hydrogen (secondary N) is 2. The van der Waals surface area contributed by atoms with Crippen LogP contribution < -0.4 is 15.4 Å². The van der Waals surface area contributed by atoms with E-state index in [0.717, 1.165) is 23.4 Å². The maximum absolute atomic E-state index is 12.8. The summed E-state index contributed by atoms with van der Waals surface area (Å²) >= 11 is 0. The molecule has 1 amide bonds. The summed E-state index contributed by atoms with van der Waals surface area (Å²) in [6.07, 6.45) is 3.98. The highest BCUT2D eigenvalue weighted by Crippen LogP contribution is 2.29. The molecule has 0 saturated carbocycles. The molecule has 3 N–H and O–H groups in total. The highest BCUT2D eigenvalue weighted by atomic mass is 16.5. The summed E-state index contributed by atoms with van der Waals surface area (Å²) < 4.78 is 7.53. The van der Waals surface area contributed by atoms with Gasteiger partial charge in [-0.05, 0) is 29.8 Å². The third-order valence-electron chi connectivity index (χ3n) is 5.77. The van der Waals surface area contributed by atoms with Crippen LogP contribution in [-0.2, 0) is 26.1 Å². The Labute approximate surface area is 202 Å². The lowest BCUT2D eigenvalue weighted by Gasteiger charge is -2.12. The molecule has 35 heavy (non-hydrogen) atoms. The molecule has 4 aromatic rings. The summed E-state index contributed by atoms with van der Waals surface area (Å²) in [7, 11) is 0. The molecule has 10 nitrogen and oxygen atoms in total. The third kappa shape index (κ3) is 4.97. The Bertz CT molecular complexity index is 1320. The predicted octanol–water partition coefficient (Wildman–Crippen LogP) is 2.20. The zero-order valence-electron chi connectivity index (χ0n) is 19.0. The summed E-state index contributed by atoms with van der Waals surface area (Å²) in [6.45, 7) is 1.71. The van der Waals surface area contributed by atoms with E-state index in [9.17, 15) is 9.90 Å². The Morgan fingerprint density at radius 2 is 2.03 bits per heavy atom. The van der Waals surface area contributed by atoms with Crippen LogP contribution in [0.15, 0.2) is 61.1 Å². The maximum atomic E-state index is 12.8. The van der Waals surface area contributed by atoms with Crippen molar-refractivity contribution in [3.05, 3.63) is 83.6 Å². The topological polar surface area (TPSA) is 127 Å². The fourth-order valence-electron chi connectivity index (χ4n) is 4.07. The van der Waals surface area contributed by atoms with Gasteiger partial charge >= 0.3 is 0 Å². The Morgan fingerprint density at radius 1 is 1.11 bits per heavy atom. The minimum atomic E-state index is -0.168. The average Bonchev–Trinajstić information content (AvgIpc) is 3.54. The van der Waals surface area contributed by atoms with Crippen LogP contribution in [0.4, 0.5) is 5.69 Å². The van der Waals surface area contributed by atoms with Crippen LogP contribution in [0.5, 0.6) is 5.75 Å². The van der Waals surface area contributed by atoms with Crippen LogP contribution in [0, 0.1) is 0 Å². The van der Waals surface area contributed by atoms with E-state index in [1.54, 1.807) is 24.4 Å². The van der Waals surface area contributed by atoms with Gasteiger partial charge in [0.25, 0.3) is 5.91 Å². The number of para-hydroxylation sites is 1. The van der Waals surface area contributed by atoms with Gasteiger partial charge in [0.1, 0.15) is 17.8 Å². The largest absolute Gasteiger partial charge is 0.493 e. The fraction of sp³-hybridized carbons (Fsp3) is 0.240. The van der Waals surface area contributed by atoms with Gasteiger partial charge in [0.2, 0.25) is 0 Å². The van der Waals surface area contributed by atoms with E-state index in [0.29, 0.717) is 49.1 Å². The van der Waals surface area contributed by atoms with Crippen molar-refractivity contribution in [1.29, 1.82) is 0 Å². The Kier molecular flexibility index (Phi) is 6.62. The SMILES string of the molecule is O=C(NCc1cccc2c1OCC2)c1cccc(NCc2nnc(-c3ccncn3)n2CCO)c1. The van der Waals surface area contributed by atoms with Crippen LogP contribution >= 0.6 is 0 Å². The maximum Gasteiger partial charge on any atom is 0.251 e. The van der Waals surface area contributed by atoms with Gasteiger partial charge in [-0.15, -0.1) is 10.2 Å². The van der Waals surface area contributed by atoms with Crippen molar-refractivity contribution in [2.24, 2.45) is 0 Å². The number of carbonyl (C=O) groups is 1. The van der Waals surface area contributed by atoms with E-state index in [4.69, 9.17) is 4.74 Å². The predicted molar refractivity (Wildman–Crippen MR) is 129 cm³/mol. The van der Waals surface area contributed by atoms with E-state index in [-0.39, 0.29) is 12.5 Å². The molecule has 0 radical (unpaired) electrons. The lowest BCUT2D eigenvalue weighted by Crippen LogP contribution is -2.23. The Balaban J connectivity index is 1.25. The first-order valence-corrected chi connectivity index (χ1v) is 11.4. The monoisotopic (exact) mass is 471 g/mol. The average molecular weight is 472 g/mol. The quantitative estimate of drug-likeness (QED) is 0.339. The first-order chi connectivity index (χ1) is 17.2. The number of anilines is 1. The van der Waals surface area contributed by atoms with Crippen LogP contribution in [0.3, 0.4) is 0 Å². The van der Waals surface area contributed by atoms with Crippen molar-refractivity contribution in [2.45, 2.75) is 26.1 Å². The Morgan fingerprint density at radius 3 is 2.89 bits per heavy atom. The number of carbonyl (C=O) groups excluding carboxylic acids is 1. The van der Waals surface area contributed by atoms with E-state index >= 15 is 0 Å². The smallest absolute Gasteiger partial charge is 0.251 e. The number of hydrogen-bond acceptors (Lipinski definition) is 8. The summed E-state index contributed by atoms with van der Waals surface area (Å²) in [6, 6.07) is 15.0. The number of aliphatic hydroxyl groups is 1. The molecular formula is C25H25N7O3. The van der Waals surface area contributed by atoms with E-state index in [2.05, 4.69) is 36.9 Å². The second kappa shape index (κ2) is 10.3. The molecule has 0 atom stereocenters. The molecule has 0 aliphatic carbocycles. The summed E-state index contributed by atoms with van der Waals surface area (Å²) in [4.78, 5) is 21.0. The molecule has 0 unspecified atom stereocenters. The first-order valence-electron chi connectivity index (χ1n) is 11.4. The number of benzene rings is 2. The third-order valence-corrected chi connectivity index (χ3v) is 5.77. The first kappa shape index (κ1) is 22.5. The van der Waals surface area contributed by atoms with Gasteiger partial charge in [-0.1, -0.05) is 24.3 Å². The molecule has 3 heterocycles. The second-order valence-corrected chi connectivity index (χ2v) is 8.03. The van der Waals surface area contributed by atoms with Crippen molar-refractivity contribution in [3.63, 3.8) is 0 Å². The lowest BCUT2D eigenvalue weighted by atomic mass is 10.1. The van der Waals surface area contributed by atoms with Gasteiger partial charge in [0.15, 0.2) is 11.6 Å². The summed E-state index contributed by atoms with van der Waals surface area (Å²) in [5.41, 5.74) is 4.09. The van der Waals surface area contributed by atoms with Crippen LogP contribution in [0.1, 0.15) is 27.3 Å². The highest BCUT2D eigenvalue weighted by molar-refractivity contribution is 5.95. The number of hydrogen-bond donors (Lipinski definition) is 3. The second-order valence-electron chi connectivity index (χ2n) is 8.03. The molecule has 5 rings (SSSR count). The molecule has 0 bridgehead atoms. The lowest BCUT2D eigenvalue weighted by molar-refractivity contribution is 0.0950. The summed E-state index contributed by atoms with van der Waals surface area (Å²) in [5, 5.41) is 24.3. The zero-order chi connectivity index (χ0) is 24.0. The molecule has 10 heteroatoms. The number of fused-ring (bicyclic) bond motifs is 1. The normalized spacial score (nSPS) is 12.1. The number of aromatic nitrogens is 5. The van der Waals surface area contributed by atoms with Gasteiger partial charge in [0.05, 0.1) is 19.8 Å². The minimum Gasteiger partial charge on any atom is -0.493 e. The molecular weight excluding hydrogens is 446 g/mol. The molecule has 2 aromatic heterocycles. The van der Waals surface area contributed by atoms with Crippen LogP contribution in [0.2, 0.25) is 0 Å². The molecule has 178 valence electrons. The number of nitrogens with zero attached hydrogens (tertiary/aromatic N) is 5. The number of rotatable bonds is 9. The fourth-order valence-corrected chi connectivity index (χ4v) is 4.07. The standard InChI is InChI=1S/C25H25N7O3/c33-11-10-32-22(30-31-24(32)21-7-9-26-16-29-21)15-27-20-6-2-4-18(13-20)25(34)28-14-19-5-1-3-17-8-12-35-23(17)19/h1-7,9,13,16,27,33H,8,10-12,14-15H2,(H,28,34). The van der Waals surface area contributed by atoms with Crippen molar-refractivity contribution < 1.29 is 14.6 Å². The van der Waals surface area contributed by atoms with Crippen molar-refractivity contribution in [3.8, 4) is 17.3 Å². The number of ether oxygens (including phenoxy) is 1. The van der Waals surface area contributed by atoms with Crippen molar-refractivity contribution in [2.75, 3.05) is 18.5 Å². The molecule has 1 aliphatic rings. The highest BCUT2D eigenvalue weighted by Gasteiger charge is 2.17. The van der Waals surface area contributed by atoms with Gasteiger partial charge in [-0.25, -0.2) is 9.97 Å². The van der Waals surface area contributed by atoms with Gasteiger partial charge in [0, 0.05) is 42.5 Å². The number of amides is 1. The van der Waals surface area contributed by atoms with E-state index in [1.165, 1.54) is 11.9 Å². The molecule has 0 spiro atoms. The van der Waals surface area contributed by atoms with Gasteiger partial charge in [-0.2, -0.15) is 0 Å². The zero-order valence-corrected chi connectivity index (χ0v) is 19.0. The molecule has 0 saturated heterocycles. The van der Waals surface area contributed by atoms with Crippen molar-refractivity contribution >= 4 is 11.6 Å². The minimum absolute atomic E-state index is 0.0611. The van der Waals surface area contributed by atoms with Gasteiger partial charge < -0.3 is 25.0 Å². The van der Waals surface area contributed by atoms with Crippen LogP contribution in [-0.4, -0.2) is 49.0 Å². The summed E-state index contributed by atoms with van der Waals surface area (Å²) in [5.74, 6) is 1.92.